The van der Waals surface area contributed by atoms with E-state index in [0.717, 1.165) is 17.4 Å². The molecule has 9 nitrogen and oxygen atoms in total. The molecule has 2 aromatic carbocycles. The van der Waals surface area contributed by atoms with Gasteiger partial charge in [0.05, 0.1) is 15.5 Å². The zero-order valence-electron chi connectivity index (χ0n) is 21.5. The molecular weight excluding hydrogens is 557 g/mol. The van der Waals surface area contributed by atoms with Gasteiger partial charge in [0, 0.05) is 43.4 Å². The van der Waals surface area contributed by atoms with E-state index in [9.17, 15) is 18.0 Å². The molecule has 0 unspecified atom stereocenters. The second-order valence-corrected chi connectivity index (χ2v) is 12.3. The third-order valence-corrected chi connectivity index (χ3v) is 9.57. The lowest BCUT2D eigenvalue weighted by atomic mass is 10.1. The first-order valence-corrected chi connectivity index (χ1v) is 15.0. The van der Waals surface area contributed by atoms with Crippen LogP contribution < -0.4 is 0 Å². The number of hydrogen-bond acceptors (Lipinski definition) is 7. The van der Waals surface area contributed by atoms with E-state index in [0.29, 0.717) is 45.6 Å². The van der Waals surface area contributed by atoms with Crippen molar-refractivity contribution < 1.29 is 23.1 Å². The maximum atomic E-state index is 13.2. The summed E-state index contributed by atoms with van der Waals surface area (Å²) >= 11 is 6.53. The Kier molecular flexibility index (Phi) is 9.01. The summed E-state index contributed by atoms with van der Waals surface area (Å²) in [5, 5.41) is 13.7. The second kappa shape index (κ2) is 12.2. The molecule has 1 aliphatic rings. The summed E-state index contributed by atoms with van der Waals surface area (Å²) < 4.78 is 29.8. The van der Waals surface area contributed by atoms with Gasteiger partial charge in [-0.15, -0.1) is 0 Å². The molecule has 204 valence electrons. The van der Waals surface area contributed by atoms with E-state index in [4.69, 9.17) is 22.4 Å². The molecule has 0 saturated carbocycles. The highest BCUT2D eigenvalue weighted by Crippen LogP contribution is 2.35. The van der Waals surface area contributed by atoms with Gasteiger partial charge in [-0.05, 0) is 36.8 Å². The van der Waals surface area contributed by atoms with Crippen molar-refractivity contribution in [2.75, 3.05) is 19.6 Å². The number of carboxylic acid groups (broad SMARTS) is 1. The number of hydrogen-bond donors (Lipinski definition) is 1. The van der Waals surface area contributed by atoms with Gasteiger partial charge in [0.25, 0.3) is 5.91 Å². The van der Waals surface area contributed by atoms with Gasteiger partial charge in [-0.1, -0.05) is 68.2 Å². The second-order valence-electron chi connectivity index (χ2n) is 8.66. The van der Waals surface area contributed by atoms with Crippen LogP contribution in [0.15, 0.2) is 70.6 Å². The predicted molar refractivity (Wildman–Crippen MR) is 156 cm³/mol. The van der Waals surface area contributed by atoms with Crippen molar-refractivity contribution in [2.24, 2.45) is 0 Å². The van der Waals surface area contributed by atoms with Gasteiger partial charge >= 0.3 is 5.97 Å². The number of thiocarbonyl (C=S) groups is 1. The molecule has 2 heterocycles. The van der Waals surface area contributed by atoms with Crippen molar-refractivity contribution in [3.8, 4) is 16.9 Å². The van der Waals surface area contributed by atoms with Crippen LogP contribution in [0.5, 0.6) is 0 Å². The molecule has 1 aromatic heterocycles. The quantitative estimate of drug-likeness (QED) is 0.256. The number of amides is 1. The number of carbonyl (C=O) groups is 2. The van der Waals surface area contributed by atoms with Crippen molar-refractivity contribution in [3.05, 3.63) is 71.3 Å². The first-order chi connectivity index (χ1) is 18.6. The topological polar surface area (TPSA) is 113 Å². The summed E-state index contributed by atoms with van der Waals surface area (Å²) in [7, 11) is -3.69. The van der Waals surface area contributed by atoms with Gasteiger partial charge in [0.1, 0.15) is 10.0 Å². The van der Waals surface area contributed by atoms with Crippen LogP contribution in [0.25, 0.3) is 23.0 Å². The summed E-state index contributed by atoms with van der Waals surface area (Å²) in [5.74, 6) is -1.23. The molecule has 1 amide bonds. The van der Waals surface area contributed by atoms with Gasteiger partial charge in [0.2, 0.25) is 10.0 Å². The number of thioether (sulfide) groups is 1. The summed E-state index contributed by atoms with van der Waals surface area (Å²) in [5.41, 5.74) is 2.50. The van der Waals surface area contributed by atoms with Crippen LogP contribution >= 0.6 is 24.0 Å². The first kappa shape index (κ1) is 28.7. The molecule has 0 atom stereocenters. The molecule has 1 N–H and O–H groups in total. The SMILES string of the molecule is CCN(CC)S(=O)(=O)c1cccc(-c2nn(-c3ccccc3)cc2C=C2SC(=S)N(CCCC(=O)O)C2=O)c1. The molecule has 3 aromatic rings. The van der Waals surface area contributed by atoms with Gasteiger partial charge in [0.15, 0.2) is 0 Å². The van der Waals surface area contributed by atoms with Crippen molar-refractivity contribution in [2.45, 2.75) is 31.6 Å². The van der Waals surface area contributed by atoms with E-state index in [1.807, 2.05) is 30.3 Å². The van der Waals surface area contributed by atoms with E-state index < -0.39 is 16.0 Å². The number of aromatic nitrogens is 2. The summed E-state index contributed by atoms with van der Waals surface area (Å²) in [4.78, 5) is 26.0. The van der Waals surface area contributed by atoms with E-state index in [2.05, 4.69) is 0 Å². The number of carbonyl (C=O) groups excluding carboxylic acids is 1. The Hall–Kier alpha value is -3.32. The van der Waals surface area contributed by atoms with E-state index in [1.165, 1.54) is 9.21 Å². The minimum Gasteiger partial charge on any atom is -0.481 e. The maximum absolute atomic E-state index is 13.2. The number of sulfonamides is 1. The van der Waals surface area contributed by atoms with Crippen molar-refractivity contribution >= 4 is 56.3 Å². The van der Waals surface area contributed by atoms with Crippen molar-refractivity contribution in [1.29, 1.82) is 0 Å². The lowest BCUT2D eigenvalue weighted by Crippen LogP contribution is -2.30. The van der Waals surface area contributed by atoms with Crippen LogP contribution in [0.2, 0.25) is 0 Å². The standard InChI is InChI=1S/C27H28N4O5S3/c1-3-29(4-2)39(35,36)22-13-8-10-19(16-22)25-20(18-31(28-25)21-11-6-5-7-12-21)17-23-26(34)30(27(37)38-23)15-9-14-24(32)33/h5-8,10-13,16-18H,3-4,9,14-15H2,1-2H3,(H,32,33). The Bertz CT molecular complexity index is 1530. The number of benzene rings is 2. The molecule has 0 spiro atoms. The summed E-state index contributed by atoms with van der Waals surface area (Å²) in [6.45, 7) is 4.51. The van der Waals surface area contributed by atoms with E-state index >= 15 is 0 Å². The van der Waals surface area contributed by atoms with Crippen molar-refractivity contribution in [1.82, 2.24) is 19.0 Å². The van der Waals surface area contributed by atoms with Gasteiger partial charge in [-0.2, -0.15) is 9.40 Å². The molecular formula is C27H28N4O5S3. The molecule has 1 fully saturated rings. The highest BCUT2D eigenvalue weighted by Gasteiger charge is 2.32. The third-order valence-electron chi connectivity index (χ3n) is 6.15. The monoisotopic (exact) mass is 584 g/mol. The van der Waals surface area contributed by atoms with Crippen LogP contribution in [-0.4, -0.2) is 68.3 Å². The lowest BCUT2D eigenvalue weighted by Gasteiger charge is -2.18. The zero-order chi connectivity index (χ0) is 28.2. The molecule has 39 heavy (non-hydrogen) atoms. The zero-order valence-corrected chi connectivity index (χ0v) is 23.9. The summed E-state index contributed by atoms with van der Waals surface area (Å²) in [6.07, 6.45) is 3.72. The maximum Gasteiger partial charge on any atom is 0.303 e. The van der Waals surface area contributed by atoms with Crippen LogP contribution in [0.3, 0.4) is 0 Å². The molecule has 0 bridgehead atoms. The molecule has 12 heteroatoms. The Morgan fingerprint density at radius 2 is 1.85 bits per heavy atom. The minimum atomic E-state index is -3.69. The number of carboxylic acids is 1. The normalized spacial score (nSPS) is 15.1. The van der Waals surface area contributed by atoms with Crippen LogP contribution in [0, 0.1) is 0 Å². The summed E-state index contributed by atoms with van der Waals surface area (Å²) in [6, 6.07) is 16.1. The number of aliphatic carboxylic acids is 1. The number of nitrogens with zero attached hydrogens (tertiary/aromatic N) is 4. The Morgan fingerprint density at radius 3 is 2.51 bits per heavy atom. The fourth-order valence-electron chi connectivity index (χ4n) is 4.17. The minimum absolute atomic E-state index is 0.0587. The Balaban J connectivity index is 1.76. The van der Waals surface area contributed by atoms with Crippen LogP contribution in [0.4, 0.5) is 0 Å². The van der Waals surface area contributed by atoms with Crippen LogP contribution in [0.1, 0.15) is 32.3 Å². The smallest absolute Gasteiger partial charge is 0.303 e. The molecule has 1 aliphatic heterocycles. The average molecular weight is 585 g/mol. The van der Waals surface area contributed by atoms with Gasteiger partial charge in [-0.25, -0.2) is 13.1 Å². The largest absolute Gasteiger partial charge is 0.481 e. The Morgan fingerprint density at radius 1 is 1.13 bits per heavy atom. The van der Waals surface area contributed by atoms with Gasteiger partial charge < -0.3 is 5.11 Å². The molecule has 0 aliphatic carbocycles. The molecule has 0 radical (unpaired) electrons. The van der Waals surface area contributed by atoms with E-state index in [-0.39, 0.29) is 23.8 Å². The fraction of sp³-hybridized carbons (Fsp3) is 0.259. The third kappa shape index (κ3) is 6.30. The first-order valence-electron chi connectivity index (χ1n) is 12.4. The Labute approximate surface area is 237 Å². The van der Waals surface area contributed by atoms with Gasteiger partial charge in [-0.3, -0.25) is 14.5 Å². The van der Waals surface area contributed by atoms with Crippen LogP contribution in [-0.2, 0) is 19.6 Å². The molecule has 4 rings (SSSR count). The number of rotatable bonds is 11. The van der Waals surface area contributed by atoms with Crippen molar-refractivity contribution in [3.63, 3.8) is 0 Å². The highest BCUT2D eigenvalue weighted by molar-refractivity contribution is 8.26. The lowest BCUT2D eigenvalue weighted by molar-refractivity contribution is -0.137. The fourth-order valence-corrected chi connectivity index (χ4v) is 6.97. The molecule has 1 saturated heterocycles. The highest BCUT2D eigenvalue weighted by atomic mass is 32.2. The number of para-hydroxylation sites is 1. The van der Waals surface area contributed by atoms with E-state index in [1.54, 1.807) is 55.1 Å². The predicted octanol–water partition coefficient (Wildman–Crippen LogP) is 4.64. The average Bonchev–Trinajstić information content (AvgIpc) is 3.46.